The van der Waals surface area contributed by atoms with Crippen molar-refractivity contribution in [3.05, 3.63) is 34.4 Å². The minimum atomic E-state index is -0.430. The van der Waals surface area contributed by atoms with Crippen molar-refractivity contribution in [2.45, 2.75) is 6.92 Å². The van der Waals surface area contributed by atoms with Crippen molar-refractivity contribution >= 4 is 16.7 Å². The monoisotopic (exact) mass is 204 g/mol. The van der Waals surface area contributed by atoms with Crippen LogP contribution < -0.4 is 5.56 Å². The van der Waals surface area contributed by atoms with Crippen LogP contribution in [0, 0.1) is 0 Å². The van der Waals surface area contributed by atoms with E-state index in [4.69, 9.17) is 0 Å². The molecule has 2 aromatic heterocycles. The van der Waals surface area contributed by atoms with E-state index < -0.39 is 11.3 Å². The van der Waals surface area contributed by atoms with Crippen LogP contribution in [0.15, 0.2) is 23.1 Å². The van der Waals surface area contributed by atoms with Gasteiger partial charge >= 0.3 is 0 Å². The first-order chi connectivity index (χ1) is 7.11. The average molecular weight is 204 g/mol. The zero-order valence-electron chi connectivity index (χ0n) is 7.94. The molecule has 2 rings (SSSR count). The second-order valence-electron chi connectivity index (χ2n) is 3.13. The van der Waals surface area contributed by atoms with Crippen LogP contribution in [0.3, 0.4) is 0 Å². The summed E-state index contributed by atoms with van der Waals surface area (Å²) in [5.74, 6) is -0.685. The van der Waals surface area contributed by atoms with E-state index in [1.807, 2.05) is 0 Å². The third-order valence-corrected chi connectivity index (χ3v) is 2.10. The summed E-state index contributed by atoms with van der Waals surface area (Å²) in [6.07, 6.45) is 1.45. The minimum absolute atomic E-state index is 0.105. The maximum absolute atomic E-state index is 11.5. The molecule has 0 radical (unpaired) electrons. The first kappa shape index (κ1) is 9.39. The number of carbonyl (C=O) groups is 1. The van der Waals surface area contributed by atoms with Gasteiger partial charge in [-0.05, 0) is 12.1 Å². The molecule has 0 aliphatic carbocycles. The summed E-state index contributed by atoms with van der Waals surface area (Å²) in [5, 5.41) is 9.95. The smallest absolute Gasteiger partial charge is 0.258 e. The van der Waals surface area contributed by atoms with Gasteiger partial charge in [0.25, 0.3) is 5.56 Å². The molecular weight excluding hydrogens is 196 g/mol. The van der Waals surface area contributed by atoms with Gasteiger partial charge in [0, 0.05) is 13.1 Å². The van der Waals surface area contributed by atoms with E-state index in [0.29, 0.717) is 0 Å². The van der Waals surface area contributed by atoms with Gasteiger partial charge in [-0.2, -0.15) is 0 Å². The Balaban J connectivity index is 2.97. The minimum Gasteiger partial charge on any atom is -0.504 e. The number of carbonyl (C=O) groups excluding carboxylic acids is 1. The maximum Gasteiger partial charge on any atom is 0.258 e. The number of nitrogens with one attached hydrogen (secondary N) is 1. The van der Waals surface area contributed by atoms with Crippen molar-refractivity contribution in [1.29, 1.82) is 0 Å². The number of nitrogens with zero attached hydrogens (tertiary/aromatic N) is 1. The third-order valence-electron chi connectivity index (χ3n) is 2.10. The first-order valence-electron chi connectivity index (χ1n) is 4.32. The van der Waals surface area contributed by atoms with Crippen molar-refractivity contribution in [2.75, 3.05) is 0 Å². The predicted octanol–water partition coefficient (Wildman–Crippen LogP) is 0.831. The number of hydrogen-bond acceptors (Lipinski definition) is 4. The number of hydrogen-bond donors (Lipinski definition) is 2. The van der Waals surface area contributed by atoms with Crippen LogP contribution in [-0.4, -0.2) is 20.9 Å². The van der Waals surface area contributed by atoms with Gasteiger partial charge in [-0.25, -0.2) is 0 Å². The van der Waals surface area contributed by atoms with Crippen LogP contribution in [0.1, 0.15) is 17.4 Å². The molecule has 2 N–H and O–H groups in total. The molecule has 0 saturated heterocycles. The Morgan fingerprint density at radius 3 is 2.93 bits per heavy atom. The quantitative estimate of drug-likeness (QED) is 0.674. The van der Waals surface area contributed by atoms with E-state index in [1.54, 1.807) is 6.07 Å². The second-order valence-corrected chi connectivity index (χ2v) is 3.13. The van der Waals surface area contributed by atoms with Gasteiger partial charge in [0.15, 0.2) is 11.5 Å². The lowest BCUT2D eigenvalue weighted by Gasteiger charge is -2.03. The molecule has 15 heavy (non-hydrogen) atoms. The van der Waals surface area contributed by atoms with Crippen molar-refractivity contribution in [3.63, 3.8) is 0 Å². The van der Waals surface area contributed by atoms with Gasteiger partial charge in [0.05, 0.1) is 5.39 Å². The normalized spacial score (nSPS) is 10.5. The number of H-pyrrole nitrogens is 1. The SMILES string of the molecule is CC(=O)c1[nH]c(=O)c2cccnc2c1O. The van der Waals surface area contributed by atoms with Crippen LogP contribution in [0.25, 0.3) is 10.9 Å². The number of aromatic hydroxyl groups is 1. The molecule has 0 atom stereocenters. The molecule has 0 aliphatic rings. The molecule has 0 bridgehead atoms. The van der Waals surface area contributed by atoms with Gasteiger partial charge in [-0.1, -0.05) is 0 Å². The summed E-state index contributed by atoms with van der Waals surface area (Å²) in [6, 6.07) is 3.12. The second kappa shape index (κ2) is 3.20. The number of rotatable bonds is 1. The molecular formula is C10H8N2O3. The highest BCUT2D eigenvalue weighted by Crippen LogP contribution is 2.22. The molecule has 0 fully saturated rings. The van der Waals surface area contributed by atoms with Crippen molar-refractivity contribution < 1.29 is 9.90 Å². The molecule has 2 aromatic rings. The molecule has 5 nitrogen and oxygen atoms in total. The fraction of sp³-hybridized carbons (Fsp3) is 0.100. The first-order valence-corrected chi connectivity index (χ1v) is 4.32. The molecule has 0 amide bonds. The number of pyridine rings is 2. The van der Waals surface area contributed by atoms with Crippen LogP contribution in [0.5, 0.6) is 5.75 Å². The summed E-state index contributed by atoms with van der Waals surface area (Å²) >= 11 is 0. The highest BCUT2D eigenvalue weighted by atomic mass is 16.3. The molecule has 0 aromatic carbocycles. The zero-order chi connectivity index (χ0) is 11.0. The zero-order valence-corrected chi connectivity index (χ0v) is 7.94. The topological polar surface area (TPSA) is 83.0 Å². The lowest BCUT2D eigenvalue weighted by atomic mass is 10.2. The van der Waals surface area contributed by atoms with Crippen LogP contribution in [-0.2, 0) is 0 Å². The number of ketones is 1. The van der Waals surface area contributed by atoms with Crippen molar-refractivity contribution in [1.82, 2.24) is 9.97 Å². The Labute approximate surface area is 84.4 Å². The predicted molar refractivity (Wildman–Crippen MR) is 54.0 cm³/mol. The highest BCUT2D eigenvalue weighted by Gasteiger charge is 2.13. The number of aromatic nitrogens is 2. The highest BCUT2D eigenvalue weighted by molar-refractivity contribution is 5.99. The maximum atomic E-state index is 11.5. The van der Waals surface area contributed by atoms with Gasteiger partial charge < -0.3 is 10.1 Å². The van der Waals surface area contributed by atoms with E-state index in [0.717, 1.165) is 0 Å². The Morgan fingerprint density at radius 1 is 1.53 bits per heavy atom. The van der Waals surface area contributed by atoms with Crippen LogP contribution >= 0.6 is 0 Å². The summed E-state index contributed by atoms with van der Waals surface area (Å²) in [6.45, 7) is 1.26. The molecule has 0 unspecified atom stereocenters. The Hall–Kier alpha value is -2.17. The molecule has 0 saturated carbocycles. The number of aromatic amines is 1. The Kier molecular flexibility index (Phi) is 2.00. The molecule has 0 spiro atoms. The molecule has 76 valence electrons. The molecule has 5 heteroatoms. The third kappa shape index (κ3) is 1.38. The molecule has 0 aliphatic heterocycles. The number of Topliss-reactive ketones (excluding diaryl/α,β-unsaturated/α-hetero) is 1. The summed E-state index contributed by atoms with van der Waals surface area (Å²) in [4.78, 5) is 28.8. The standard InChI is InChI=1S/C10H8N2O3/c1-5(13)7-9(14)8-6(10(15)12-7)3-2-4-11-8/h2-4,14H,1H3,(H,12,15). The van der Waals surface area contributed by atoms with Gasteiger partial charge in [0.2, 0.25) is 0 Å². The van der Waals surface area contributed by atoms with E-state index in [-0.39, 0.29) is 22.3 Å². The van der Waals surface area contributed by atoms with Crippen molar-refractivity contribution in [2.24, 2.45) is 0 Å². The van der Waals surface area contributed by atoms with Gasteiger partial charge in [-0.15, -0.1) is 0 Å². The summed E-state index contributed by atoms with van der Waals surface area (Å²) in [5.41, 5.74) is -0.390. The fourth-order valence-corrected chi connectivity index (χ4v) is 1.39. The van der Waals surface area contributed by atoms with Crippen molar-refractivity contribution in [3.8, 4) is 5.75 Å². The summed E-state index contributed by atoms with van der Waals surface area (Å²) < 4.78 is 0. The van der Waals surface area contributed by atoms with E-state index >= 15 is 0 Å². The summed E-state index contributed by atoms with van der Waals surface area (Å²) in [7, 11) is 0. The number of fused-ring (bicyclic) bond motifs is 1. The Morgan fingerprint density at radius 2 is 2.27 bits per heavy atom. The molecule has 2 heterocycles. The Bertz CT molecular complexity index is 601. The largest absolute Gasteiger partial charge is 0.504 e. The fourth-order valence-electron chi connectivity index (χ4n) is 1.39. The van der Waals surface area contributed by atoms with Crippen LogP contribution in [0.2, 0.25) is 0 Å². The average Bonchev–Trinajstić information content (AvgIpc) is 2.23. The lowest BCUT2D eigenvalue weighted by molar-refractivity contribution is 0.101. The van der Waals surface area contributed by atoms with Gasteiger partial charge in [-0.3, -0.25) is 14.6 Å². The van der Waals surface area contributed by atoms with E-state index in [1.165, 1.54) is 19.2 Å². The lowest BCUT2D eigenvalue weighted by Crippen LogP contribution is -2.12. The van der Waals surface area contributed by atoms with E-state index in [2.05, 4.69) is 9.97 Å². The van der Waals surface area contributed by atoms with Gasteiger partial charge in [0.1, 0.15) is 11.2 Å². The van der Waals surface area contributed by atoms with Crippen LogP contribution in [0.4, 0.5) is 0 Å². The van der Waals surface area contributed by atoms with E-state index in [9.17, 15) is 14.7 Å².